The fourth-order valence-corrected chi connectivity index (χ4v) is 5.92. The number of rotatable bonds is 16. The number of benzene rings is 1. The highest BCUT2D eigenvalue weighted by atomic mass is 16.5. The molecule has 1 atom stereocenters. The predicted octanol–water partition coefficient (Wildman–Crippen LogP) is 5.92. The molecule has 1 amide bonds. The molecular weight excluding hydrogens is 598 g/mol. The van der Waals surface area contributed by atoms with E-state index in [2.05, 4.69) is 71.2 Å². The first-order valence-corrected chi connectivity index (χ1v) is 16.8. The van der Waals surface area contributed by atoms with Gasteiger partial charge in [-0.1, -0.05) is 40.0 Å². The largest absolute Gasteiger partial charge is 0.506 e. The number of nitrogens with zero attached hydrogens (tertiary/aromatic N) is 3. The predicted molar refractivity (Wildman–Crippen MR) is 186 cm³/mol. The van der Waals surface area contributed by atoms with Gasteiger partial charge in [0.25, 0.3) is 0 Å². The number of unbranched alkanes of at least 4 members (excludes halogenated alkanes) is 3. The van der Waals surface area contributed by atoms with Gasteiger partial charge < -0.3 is 28.8 Å². The zero-order chi connectivity index (χ0) is 34.4. The Kier molecular flexibility index (Phi) is 15.0. The van der Waals surface area contributed by atoms with Crippen molar-refractivity contribution in [1.82, 2.24) is 20.4 Å². The number of nitrogens with one attached hydrogen (secondary N) is 2. The van der Waals surface area contributed by atoms with Gasteiger partial charge in [0.05, 0.1) is 43.5 Å². The summed E-state index contributed by atoms with van der Waals surface area (Å²) >= 11 is 0. The van der Waals surface area contributed by atoms with Crippen LogP contribution in [0.3, 0.4) is 0 Å². The monoisotopic (exact) mass is 653 g/mol. The number of esters is 1. The number of aryl methyl sites for hydroxylation is 1. The van der Waals surface area contributed by atoms with Crippen LogP contribution < -0.4 is 15.8 Å². The smallest absolute Gasteiger partial charge is 0.302 e. The zero-order valence-corrected chi connectivity index (χ0v) is 29.4. The third-order valence-corrected chi connectivity index (χ3v) is 8.38. The Hall–Kier alpha value is -3.67. The molecule has 1 unspecified atom stereocenters. The second-order valence-corrected chi connectivity index (χ2v) is 12.7. The molecule has 11 nitrogen and oxygen atoms in total. The number of hydrogen-bond acceptors (Lipinski definition) is 9. The van der Waals surface area contributed by atoms with Gasteiger partial charge in [0, 0.05) is 67.8 Å². The van der Waals surface area contributed by atoms with Crippen molar-refractivity contribution in [1.29, 1.82) is 0 Å². The summed E-state index contributed by atoms with van der Waals surface area (Å²) in [5.41, 5.74) is 10.9. The molecule has 1 aliphatic heterocycles. The molecule has 1 saturated heterocycles. The third kappa shape index (κ3) is 10.7. The van der Waals surface area contributed by atoms with Gasteiger partial charge >= 0.3 is 5.97 Å². The summed E-state index contributed by atoms with van der Waals surface area (Å²) in [6.45, 7) is 17.0. The SMILES string of the molecule is CCCCCCNNC=O.CCn1c(-c2cc(O)cnc2C(C)OC)c(CC(C)(C)COC(C)=O)c2cc(N3CCOCC3)ccc21. The molecule has 0 spiro atoms. The van der Waals surface area contributed by atoms with Gasteiger partial charge in [-0.15, -0.1) is 0 Å². The number of carbonyl (C=O) groups excluding carboxylic acids is 2. The lowest BCUT2D eigenvalue weighted by Gasteiger charge is -2.29. The maximum Gasteiger partial charge on any atom is 0.302 e. The van der Waals surface area contributed by atoms with E-state index in [0.717, 1.165) is 84.9 Å². The van der Waals surface area contributed by atoms with Gasteiger partial charge in [0.15, 0.2) is 0 Å². The van der Waals surface area contributed by atoms with Crippen LogP contribution in [0.15, 0.2) is 30.5 Å². The molecule has 3 heterocycles. The van der Waals surface area contributed by atoms with Gasteiger partial charge in [-0.05, 0) is 56.5 Å². The zero-order valence-electron chi connectivity index (χ0n) is 29.4. The number of aromatic nitrogens is 2. The topological polar surface area (TPSA) is 127 Å². The fraction of sp³-hybridized carbons (Fsp3) is 0.583. The standard InChI is InChI=1S/C29H39N3O5.C7H16N2O/c1-7-32-26-9-8-21(31-10-12-36-13-11-31)14-23(26)25(16-29(4,5)18-37-20(3)33)28(32)24-15-22(34)17-30-27(24)19(2)35-6;1-2-3-4-5-6-8-9-7-10/h8-9,14-15,17,19,34H,7,10-13,16,18H2,1-6H3;7-8H,2-6H2,1H3,(H,9,10). The first kappa shape index (κ1) is 37.8. The van der Waals surface area contributed by atoms with E-state index in [4.69, 9.17) is 14.2 Å². The lowest BCUT2D eigenvalue weighted by atomic mass is 9.84. The van der Waals surface area contributed by atoms with Crippen LogP contribution in [0.4, 0.5) is 5.69 Å². The lowest BCUT2D eigenvalue weighted by molar-refractivity contribution is -0.143. The van der Waals surface area contributed by atoms with E-state index in [1.807, 2.05) is 6.92 Å². The highest BCUT2D eigenvalue weighted by Crippen LogP contribution is 2.42. The van der Waals surface area contributed by atoms with Crippen molar-refractivity contribution in [3.8, 4) is 17.0 Å². The van der Waals surface area contributed by atoms with E-state index in [1.165, 1.54) is 32.4 Å². The Labute approximate surface area is 279 Å². The van der Waals surface area contributed by atoms with Crippen LogP contribution in [0.25, 0.3) is 22.2 Å². The van der Waals surface area contributed by atoms with Crippen molar-refractivity contribution in [2.45, 2.75) is 86.3 Å². The van der Waals surface area contributed by atoms with Crippen molar-refractivity contribution in [3.63, 3.8) is 0 Å². The molecule has 0 saturated carbocycles. The van der Waals surface area contributed by atoms with Crippen LogP contribution in [0.5, 0.6) is 5.75 Å². The number of anilines is 1. The lowest BCUT2D eigenvalue weighted by Crippen LogP contribution is -2.36. The van der Waals surface area contributed by atoms with Crippen molar-refractivity contribution in [2.24, 2.45) is 5.41 Å². The fourth-order valence-electron chi connectivity index (χ4n) is 5.92. The number of hydrogen-bond donors (Lipinski definition) is 3. The number of amides is 1. The molecule has 3 N–H and O–H groups in total. The van der Waals surface area contributed by atoms with Crippen LogP contribution in [0.1, 0.15) is 84.6 Å². The van der Waals surface area contributed by atoms with Gasteiger partial charge in [-0.2, -0.15) is 0 Å². The molecule has 1 aromatic carbocycles. The highest BCUT2D eigenvalue weighted by Gasteiger charge is 2.29. The average Bonchev–Trinajstić information content (AvgIpc) is 3.37. The highest BCUT2D eigenvalue weighted by molar-refractivity contribution is 5.94. The van der Waals surface area contributed by atoms with Crippen molar-refractivity contribution in [2.75, 3.05) is 51.5 Å². The van der Waals surface area contributed by atoms with Crippen LogP contribution >= 0.6 is 0 Å². The van der Waals surface area contributed by atoms with Gasteiger partial charge in [0.1, 0.15) is 5.75 Å². The summed E-state index contributed by atoms with van der Waals surface area (Å²) in [5, 5.41) is 11.6. The van der Waals surface area contributed by atoms with E-state index in [-0.39, 0.29) is 23.2 Å². The normalized spacial score (nSPS) is 14.0. The molecule has 1 aliphatic rings. The van der Waals surface area contributed by atoms with Crippen LogP contribution in [0.2, 0.25) is 0 Å². The number of ether oxygens (including phenoxy) is 3. The Bertz CT molecular complexity index is 1430. The molecule has 0 aliphatic carbocycles. The molecule has 0 bridgehead atoms. The minimum absolute atomic E-state index is 0.106. The number of fused-ring (bicyclic) bond motifs is 1. The summed E-state index contributed by atoms with van der Waals surface area (Å²) in [5.74, 6) is -0.179. The Balaban J connectivity index is 0.000000520. The minimum Gasteiger partial charge on any atom is -0.506 e. The summed E-state index contributed by atoms with van der Waals surface area (Å²) in [6, 6.07) is 8.41. The third-order valence-electron chi connectivity index (χ3n) is 8.38. The minimum atomic E-state index is -0.320. The second kappa shape index (κ2) is 18.6. The summed E-state index contributed by atoms with van der Waals surface area (Å²) in [4.78, 5) is 28.3. The van der Waals surface area contributed by atoms with Crippen LogP contribution in [-0.2, 0) is 36.8 Å². The molecular formula is C36H55N5O6. The van der Waals surface area contributed by atoms with Crippen molar-refractivity contribution < 1.29 is 28.9 Å². The van der Waals surface area contributed by atoms with Crippen molar-refractivity contribution >= 4 is 29.0 Å². The van der Waals surface area contributed by atoms with Gasteiger partial charge in [-0.25, -0.2) is 5.43 Å². The molecule has 2 aromatic heterocycles. The molecule has 11 heteroatoms. The van der Waals surface area contributed by atoms with E-state index in [1.54, 1.807) is 13.2 Å². The molecule has 0 radical (unpaired) electrons. The summed E-state index contributed by atoms with van der Waals surface area (Å²) in [7, 11) is 1.66. The van der Waals surface area contributed by atoms with Gasteiger partial charge in [0.2, 0.25) is 6.41 Å². The first-order valence-electron chi connectivity index (χ1n) is 16.8. The summed E-state index contributed by atoms with van der Waals surface area (Å²) in [6.07, 6.45) is 7.43. The Morgan fingerprint density at radius 3 is 2.55 bits per heavy atom. The number of hydrazine groups is 1. The van der Waals surface area contributed by atoms with E-state index in [9.17, 15) is 14.7 Å². The quantitative estimate of drug-likeness (QED) is 0.0747. The molecule has 47 heavy (non-hydrogen) atoms. The molecule has 1 fully saturated rings. The average molecular weight is 654 g/mol. The number of methoxy groups -OCH3 is 1. The maximum atomic E-state index is 11.6. The second-order valence-electron chi connectivity index (χ2n) is 12.7. The van der Waals surface area contributed by atoms with E-state index in [0.29, 0.717) is 19.4 Å². The number of pyridine rings is 1. The first-order chi connectivity index (χ1) is 22.6. The summed E-state index contributed by atoms with van der Waals surface area (Å²) < 4.78 is 19.0. The van der Waals surface area contributed by atoms with Gasteiger partial charge in [-0.3, -0.25) is 20.0 Å². The number of carbonyl (C=O) groups is 2. The van der Waals surface area contributed by atoms with E-state index >= 15 is 0 Å². The Morgan fingerprint density at radius 2 is 1.91 bits per heavy atom. The number of morpholine rings is 1. The van der Waals surface area contributed by atoms with Crippen molar-refractivity contribution in [3.05, 3.63) is 41.7 Å². The number of aromatic hydroxyl groups is 1. The Morgan fingerprint density at radius 1 is 1.17 bits per heavy atom. The maximum absolute atomic E-state index is 11.6. The molecule has 4 rings (SSSR count). The van der Waals surface area contributed by atoms with Crippen LogP contribution in [-0.4, -0.2) is 73.6 Å². The van der Waals surface area contributed by atoms with E-state index < -0.39 is 0 Å². The van der Waals surface area contributed by atoms with Crippen LogP contribution in [0, 0.1) is 5.41 Å². The molecule has 260 valence electrons. The molecule has 3 aromatic rings.